The van der Waals surface area contributed by atoms with Crippen molar-refractivity contribution in [3.63, 3.8) is 0 Å². The number of carboxylic acids is 1. The van der Waals surface area contributed by atoms with Crippen LogP contribution in [0.2, 0.25) is 20.1 Å². The van der Waals surface area contributed by atoms with Gasteiger partial charge in [0.1, 0.15) is 12.8 Å². The van der Waals surface area contributed by atoms with Gasteiger partial charge in [-0.25, -0.2) is 0 Å². The van der Waals surface area contributed by atoms with Crippen molar-refractivity contribution in [3.8, 4) is 0 Å². The third kappa shape index (κ3) is 13.8. The van der Waals surface area contributed by atoms with E-state index in [2.05, 4.69) is 16.7 Å². The Hall–Kier alpha value is -3.96. The second kappa shape index (κ2) is 23.7. The SMILES string of the molecule is CCOC(=O)CC(=O)N1C[C@H](C)N(c2ccc(Cl)cc2)[C@H](c2ccc(Cl)cc2)C1.C[C@H]1CN(C(=O)CC(=O)O)C[C@@H](c2ccc(Cl)cc2)N1c1ccc(Cl)cc1.O.[Li+].[OH-]. The summed E-state index contributed by atoms with van der Waals surface area (Å²) in [7, 11) is 0. The van der Waals surface area contributed by atoms with E-state index in [1.807, 2.05) is 104 Å². The molecule has 312 valence electrons. The number of amides is 2. The van der Waals surface area contributed by atoms with E-state index in [1.54, 1.807) is 16.7 Å². The number of anilines is 2. The van der Waals surface area contributed by atoms with E-state index in [0.29, 0.717) is 46.3 Å². The molecule has 0 radical (unpaired) electrons. The maximum absolute atomic E-state index is 12.7. The number of esters is 1. The van der Waals surface area contributed by atoms with E-state index >= 15 is 0 Å². The Balaban J connectivity index is 0.000000388. The molecule has 2 aliphatic heterocycles. The molecule has 0 aliphatic carbocycles. The number of piperazine rings is 2. The van der Waals surface area contributed by atoms with Crippen LogP contribution < -0.4 is 28.7 Å². The van der Waals surface area contributed by atoms with Gasteiger partial charge in [0.15, 0.2) is 0 Å². The van der Waals surface area contributed by atoms with Crippen LogP contribution in [0.4, 0.5) is 11.4 Å². The predicted octanol–water partition coefficient (Wildman–Crippen LogP) is 4.97. The van der Waals surface area contributed by atoms with Crippen molar-refractivity contribution in [1.29, 1.82) is 0 Å². The normalized spacial score (nSPS) is 18.5. The second-order valence-corrected chi connectivity index (χ2v) is 15.5. The van der Waals surface area contributed by atoms with E-state index in [-0.39, 0.29) is 78.8 Å². The Morgan fingerprint density at radius 1 is 0.593 bits per heavy atom. The Morgan fingerprint density at radius 2 is 0.915 bits per heavy atom. The van der Waals surface area contributed by atoms with Gasteiger partial charge < -0.3 is 40.4 Å². The Kier molecular flexibility index (Phi) is 20.6. The molecule has 4 atom stereocenters. The second-order valence-electron chi connectivity index (χ2n) is 13.7. The molecule has 0 unspecified atom stereocenters. The first-order valence-electron chi connectivity index (χ1n) is 18.3. The first-order valence-corrected chi connectivity index (χ1v) is 19.8. The van der Waals surface area contributed by atoms with Crippen LogP contribution in [-0.4, -0.2) is 94.5 Å². The van der Waals surface area contributed by atoms with Gasteiger partial charge in [-0.15, -0.1) is 0 Å². The van der Waals surface area contributed by atoms with Crippen LogP contribution in [0.1, 0.15) is 56.8 Å². The average molecular weight is 885 g/mol. The number of carbonyl (C=O) groups is 4. The average Bonchev–Trinajstić information content (AvgIpc) is 3.16. The van der Waals surface area contributed by atoms with Crippen LogP contribution in [0.15, 0.2) is 97.1 Å². The van der Waals surface area contributed by atoms with Gasteiger partial charge in [-0.05, 0) is 105 Å². The molecule has 4 N–H and O–H groups in total. The number of nitrogens with zero attached hydrogens (tertiary/aromatic N) is 4. The number of benzene rings is 4. The van der Waals surface area contributed by atoms with Crippen LogP contribution in [-0.2, 0) is 23.9 Å². The molecule has 6 rings (SSSR count). The number of aliphatic carboxylic acids is 1. The summed E-state index contributed by atoms with van der Waals surface area (Å²) in [5.41, 5.74) is 4.08. The van der Waals surface area contributed by atoms with E-state index in [1.165, 1.54) is 0 Å². The van der Waals surface area contributed by atoms with Crippen LogP contribution >= 0.6 is 46.4 Å². The molecule has 4 aromatic rings. The van der Waals surface area contributed by atoms with Crippen molar-refractivity contribution in [3.05, 3.63) is 128 Å². The zero-order chi connectivity index (χ0) is 40.5. The van der Waals surface area contributed by atoms with Crippen LogP contribution in [0.5, 0.6) is 0 Å². The smallest absolute Gasteiger partial charge is 0.870 e. The van der Waals surface area contributed by atoms with Gasteiger partial charge in [0.2, 0.25) is 11.8 Å². The quantitative estimate of drug-likeness (QED) is 0.138. The molecular formula is C42H47Cl4LiN4O8. The van der Waals surface area contributed by atoms with Gasteiger partial charge in [0, 0.05) is 69.7 Å². The summed E-state index contributed by atoms with van der Waals surface area (Å²) in [5.74, 6) is -2.20. The molecule has 0 saturated carbocycles. The maximum atomic E-state index is 12.7. The molecule has 2 heterocycles. The van der Waals surface area contributed by atoms with Crippen LogP contribution in [0.25, 0.3) is 0 Å². The van der Waals surface area contributed by atoms with E-state index in [9.17, 15) is 19.2 Å². The fourth-order valence-corrected chi connectivity index (χ4v) is 7.77. The van der Waals surface area contributed by atoms with Crippen LogP contribution in [0.3, 0.4) is 0 Å². The van der Waals surface area contributed by atoms with Crippen molar-refractivity contribution in [2.75, 3.05) is 42.6 Å². The minimum Gasteiger partial charge on any atom is -0.870 e. The van der Waals surface area contributed by atoms with Crippen molar-refractivity contribution in [1.82, 2.24) is 9.80 Å². The number of rotatable bonds is 9. The molecule has 2 amide bonds. The number of hydrogen-bond acceptors (Lipinski definition) is 8. The number of halogens is 4. The molecule has 0 bridgehead atoms. The molecule has 2 saturated heterocycles. The first kappa shape index (κ1) is 51.2. The Morgan fingerprint density at radius 3 is 1.24 bits per heavy atom. The van der Waals surface area contributed by atoms with Crippen molar-refractivity contribution < 1.29 is 58.8 Å². The van der Waals surface area contributed by atoms with Gasteiger partial charge in [0.05, 0.1) is 18.7 Å². The molecule has 2 fully saturated rings. The topological polar surface area (TPSA) is 172 Å². The molecule has 59 heavy (non-hydrogen) atoms. The number of carboxylic acid groups (broad SMARTS) is 1. The van der Waals surface area contributed by atoms with E-state index in [4.69, 9.17) is 56.2 Å². The van der Waals surface area contributed by atoms with Gasteiger partial charge >= 0.3 is 30.8 Å². The minimum atomic E-state index is -1.11. The molecular weight excluding hydrogens is 837 g/mol. The van der Waals surface area contributed by atoms with Gasteiger partial charge in [-0.1, -0.05) is 70.7 Å². The van der Waals surface area contributed by atoms with Crippen molar-refractivity contribution in [2.24, 2.45) is 0 Å². The largest absolute Gasteiger partial charge is 1.00 e. The molecule has 2 aliphatic rings. The number of ether oxygens (including phenoxy) is 1. The Labute approximate surface area is 376 Å². The molecule has 0 spiro atoms. The summed E-state index contributed by atoms with van der Waals surface area (Å²) in [4.78, 5) is 55.7. The Bertz CT molecular complexity index is 1980. The zero-order valence-electron chi connectivity index (χ0n) is 33.2. The van der Waals surface area contributed by atoms with Gasteiger partial charge in [-0.3, -0.25) is 19.2 Å². The van der Waals surface area contributed by atoms with E-state index in [0.717, 1.165) is 22.5 Å². The first-order chi connectivity index (χ1) is 26.7. The summed E-state index contributed by atoms with van der Waals surface area (Å²) in [5, 5.41) is 11.6. The third-order valence-corrected chi connectivity index (χ3v) is 10.8. The minimum absolute atomic E-state index is 0. The summed E-state index contributed by atoms with van der Waals surface area (Å²) in [6, 6.07) is 30.3. The summed E-state index contributed by atoms with van der Waals surface area (Å²) in [6.07, 6.45) is -0.740. The predicted molar refractivity (Wildman–Crippen MR) is 227 cm³/mol. The van der Waals surface area contributed by atoms with Gasteiger partial charge in [0.25, 0.3) is 0 Å². The van der Waals surface area contributed by atoms with Crippen molar-refractivity contribution in [2.45, 2.75) is 57.8 Å². The molecule has 4 aromatic carbocycles. The molecule has 12 nitrogen and oxygen atoms in total. The van der Waals surface area contributed by atoms with Crippen LogP contribution in [0, 0.1) is 0 Å². The summed E-state index contributed by atoms with van der Waals surface area (Å²) < 4.78 is 4.93. The zero-order valence-corrected chi connectivity index (χ0v) is 36.3. The summed E-state index contributed by atoms with van der Waals surface area (Å²) >= 11 is 24.2. The van der Waals surface area contributed by atoms with Crippen molar-refractivity contribution >= 4 is 81.5 Å². The summed E-state index contributed by atoms with van der Waals surface area (Å²) in [6.45, 7) is 7.93. The maximum Gasteiger partial charge on any atom is 1.00 e. The number of carbonyl (C=O) groups excluding carboxylic acids is 3. The van der Waals surface area contributed by atoms with Gasteiger partial charge in [-0.2, -0.15) is 0 Å². The van der Waals surface area contributed by atoms with E-state index < -0.39 is 18.4 Å². The number of hydrogen-bond donors (Lipinski definition) is 1. The molecule has 0 aromatic heterocycles. The standard InChI is InChI=1S/C22H24Cl2N2O3.C20H20Cl2N2O3.Li.2H2O/c1-3-29-22(28)12-21(27)25-13-15(2)26(19-10-8-18(24)9-11-19)20(14-25)16-4-6-17(23)7-5-16;1-13-11-23(19(25)10-20(26)27)12-18(14-2-4-15(21)5-3-14)24(13)17-8-6-16(22)7-9-17;;;/h4-11,15,20H,3,12-14H2,1-2H3;2-9,13,18H,10-12H2,1H3,(H,26,27);;2*1H2/q;;+1;;/p-1/t15-,20-;13-,18-;;;/m00.../s1. The third-order valence-electron chi connectivity index (χ3n) is 9.75. The molecule has 17 heteroatoms. The monoisotopic (exact) mass is 882 g/mol. The fraction of sp³-hybridized carbons (Fsp3) is 0.333. The fourth-order valence-electron chi connectivity index (χ4n) is 7.26.